The van der Waals surface area contributed by atoms with Crippen LogP contribution in [0.4, 0.5) is 13.2 Å². The zero-order chi connectivity index (χ0) is 19.6. The Kier molecular flexibility index (Phi) is 5.41. The van der Waals surface area contributed by atoms with Gasteiger partial charge in [0.2, 0.25) is 0 Å². The van der Waals surface area contributed by atoms with Crippen molar-refractivity contribution in [1.82, 2.24) is 14.9 Å². The number of benzene rings is 2. The molecular formula is C19H17ClF3N3O. The van der Waals surface area contributed by atoms with E-state index in [0.717, 1.165) is 11.1 Å². The van der Waals surface area contributed by atoms with Crippen LogP contribution in [-0.2, 0) is 11.3 Å². The van der Waals surface area contributed by atoms with E-state index in [4.69, 9.17) is 11.6 Å². The number of hydrogen-bond donors (Lipinski definition) is 1. The summed E-state index contributed by atoms with van der Waals surface area (Å²) in [5.74, 6) is -1.59. The number of aromatic nitrogens is 2. The van der Waals surface area contributed by atoms with Crippen molar-refractivity contribution in [2.75, 3.05) is 0 Å². The van der Waals surface area contributed by atoms with Crippen LogP contribution in [0, 0.1) is 0 Å². The fraction of sp³-hybridized carbons (Fsp3) is 0.263. The standard InChI is InChI=1S/C19H17ClF3N3O/c1-2-14(25-18(27)19(21,22)23)17-24-15-5-3-4-6-16(15)26(17)11-12-7-9-13(20)10-8-12/h3-10,14H,2,11H2,1H3,(H,25,27). The monoisotopic (exact) mass is 395 g/mol. The number of amides is 1. The third-order valence-electron chi connectivity index (χ3n) is 4.22. The highest BCUT2D eigenvalue weighted by atomic mass is 35.5. The lowest BCUT2D eigenvalue weighted by Crippen LogP contribution is -2.39. The number of nitrogens with zero attached hydrogens (tertiary/aromatic N) is 2. The van der Waals surface area contributed by atoms with Crippen molar-refractivity contribution in [1.29, 1.82) is 0 Å². The summed E-state index contributed by atoms with van der Waals surface area (Å²) in [5.41, 5.74) is 2.35. The van der Waals surface area contributed by atoms with Gasteiger partial charge in [-0.15, -0.1) is 0 Å². The summed E-state index contributed by atoms with van der Waals surface area (Å²) in [4.78, 5) is 15.9. The Balaban J connectivity index is 2.03. The molecule has 1 unspecified atom stereocenters. The van der Waals surface area contributed by atoms with E-state index in [1.807, 2.05) is 28.8 Å². The number of fused-ring (bicyclic) bond motifs is 1. The molecule has 0 fully saturated rings. The molecule has 8 heteroatoms. The highest BCUT2D eigenvalue weighted by Crippen LogP contribution is 2.26. The van der Waals surface area contributed by atoms with Gasteiger partial charge >= 0.3 is 12.1 Å². The van der Waals surface area contributed by atoms with E-state index >= 15 is 0 Å². The molecule has 1 amide bonds. The molecule has 1 N–H and O–H groups in total. The largest absolute Gasteiger partial charge is 0.471 e. The van der Waals surface area contributed by atoms with Crippen LogP contribution in [-0.4, -0.2) is 21.6 Å². The molecule has 3 aromatic rings. The zero-order valence-corrected chi connectivity index (χ0v) is 15.2. The Hall–Kier alpha value is -2.54. The van der Waals surface area contributed by atoms with E-state index in [0.29, 0.717) is 22.9 Å². The van der Waals surface area contributed by atoms with Gasteiger partial charge in [0.1, 0.15) is 5.82 Å². The van der Waals surface area contributed by atoms with Gasteiger partial charge in [0.05, 0.1) is 17.1 Å². The number of rotatable bonds is 5. The molecule has 0 aliphatic heterocycles. The second kappa shape index (κ2) is 7.60. The number of carbonyl (C=O) groups excluding carboxylic acids is 1. The fourth-order valence-corrected chi connectivity index (χ4v) is 3.01. The van der Waals surface area contributed by atoms with Crippen molar-refractivity contribution in [2.24, 2.45) is 0 Å². The van der Waals surface area contributed by atoms with E-state index in [9.17, 15) is 18.0 Å². The first-order valence-corrected chi connectivity index (χ1v) is 8.74. The third kappa shape index (κ3) is 4.24. The molecule has 0 saturated carbocycles. The van der Waals surface area contributed by atoms with Crippen molar-refractivity contribution >= 4 is 28.5 Å². The Labute approximate surface area is 159 Å². The van der Waals surface area contributed by atoms with E-state index in [1.165, 1.54) is 0 Å². The fourth-order valence-electron chi connectivity index (χ4n) is 2.89. The second-order valence-electron chi connectivity index (χ2n) is 6.10. The number of para-hydroxylation sites is 2. The first kappa shape index (κ1) is 19.2. The van der Waals surface area contributed by atoms with Gasteiger partial charge < -0.3 is 9.88 Å². The predicted molar refractivity (Wildman–Crippen MR) is 97.5 cm³/mol. The lowest BCUT2D eigenvalue weighted by atomic mass is 10.2. The molecule has 27 heavy (non-hydrogen) atoms. The summed E-state index contributed by atoms with van der Waals surface area (Å²) in [7, 11) is 0. The van der Waals surface area contributed by atoms with Crippen LogP contribution >= 0.6 is 11.6 Å². The second-order valence-corrected chi connectivity index (χ2v) is 6.54. The van der Waals surface area contributed by atoms with Crippen molar-refractivity contribution in [3.63, 3.8) is 0 Å². The maximum atomic E-state index is 12.7. The molecule has 142 valence electrons. The zero-order valence-electron chi connectivity index (χ0n) is 14.4. The maximum Gasteiger partial charge on any atom is 0.471 e. The molecular weight excluding hydrogens is 379 g/mol. The van der Waals surface area contributed by atoms with Gasteiger partial charge in [-0.1, -0.05) is 42.8 Å². The molecule has 1 aromatic heterocycles. The Morgan fingerprint density at radius 1 is 1.19 bits per heavy atom. The smallest absolute Gasteiger partial charge is 0.338 e. The van der Waals surface area contributed by atoms with Crippen molar-refractivity contribution in [2.45, 2.75) is 32.1 Å². The molecule has 3 rings (SSSR count). The average molecular weight is 396 g/mol. The SMILES string of the molecule is CCC(NC(=O)C(F)(F)F)c1nc2ccccc2n1Cc1ccc(Cl)cc1. The van der Waals surface area contributed by atoms with Gasteiger partial charge in [0.25, 0.3) is 0 Å². The van der Waals surface area contributed by atoms with Gasteiger partial charge in [0, 0.05) is 11.6 Å². The van der Waals surface area contributed by atoms with E-state index in [1.54, 1.807) is 31.2 Å². The first-order chi connectivity index (χ1) is 12.8. The lowest BCUT2D eigenvalue weighted by Gasteiger charge is -2.19. The summed E-state index contributed by atoms with van der Waals surface area (Å²) < 4.78 is 39.9. The summed E-state index contributed by atoms with van der Waals surface area (Å²) in [5, 5.41) is 2.65. The summed E-state index contributed by atoms with van der Waals surface area (Å²) in [6.45, 7) is 2.10. The highest BCUT2D eigenvalue weighted by molar-refractivity contribution is 6.30. The Morgan fingerprint density at radius 3 is 2.48 bits per heavy atom. The molecule has 0 aliphatic carbocycles. The number of carbonyl (C=O) groups is 1. The molecule has 0 spiro atoms. The first-order valence-electron chi connectivity index (χ1n) is 8.37. The minimum Gasteiger partial charge on any atom is -0.338 e. The van der Waals surface area contributed by atoms with Crippen molar-refractivity contribution in [3.05, 3.63) is 64.9 Å². The van der Waals surface area contributed by atoms with E-state index < -0.39 is 18.1 Å². The molecule has 1 atom stereocenters. The number of halogens is 4. The van der Waals surface area contributed by atoms with Gasteiger partial charge in [-0.3, -0.25) is 4.79 Å². The number of imidazole rings is 1. The van der Waals surface area contributed by atoms with Crippen LogP contribution in [0.25, 0.3) is 11.0 Å². The number of hydrogen-bond acceptors (Lipinski definition) is 2. The van der Waals surface area contributed by atoms with Crippen LogP contribution in [0.5, 0.6) is 0 Å². The molecule has 1 heterocycles. The lowest BCUT2D eigenvalue weighted by molar-refractivity contribution is -0.174. The molecule has 0 aliphatic rings. The van der Waals surface area contributed by atoms with Crippen LogP contribution in [0.15, 0.2) is 48.5 Å². The van der Waals surface area contributed by atoms with Gasteiger partial charge in [-0.05, 0) is 36.2 Å². The van der Waals surface area contributed by atoms with Gasteiger partial charge in [0.15, 0.2) is 0 Å². The van der Waals surface area contributed by atoms with Crippen LogP contribution in [0.3, 0.4) is 0 Å². The van der Waals surface area contributed by atoms with Crippen LogP contribution < -0.4 is 5.32 Å². The van der Waals surface area contributed by atoms with Crippen LogP contribution in [0.2, 0.25) is 5.02 Å². The quantitative estimate of drug-likeness (QED) is 0.670. The maximum absolute atomic E-state index is 12.7. The number of nitrogens with one attached hydrogen (secondary N) is 1. The van der Waals surface area contributed by atoms with E-state index in [2.05, 4.69) is 10.3 Å². The van der Waals surface area contributed by atoms with Gasteiger partial charge in [-0.2, -0.15) is 13.2 Å². The molecule has 0 radical (unpaired) electrons. The Morgan fingerprint density at radius 2 is 1.85 bits per heavy atom. The van der Waals surface area contributed by atoms with Gasteiger partial charge in [-0.25, -0.2) is 4.98 Å². The van der Waals surface area contributed by atoms with Crippen molar-refractivity contribution in [3.8, 4) is 0 Å². The summed E-state index contributed by atoms with van der Waals surface area (Å²) in [6.07, 6.45) is -4.67. The highest BCUT2D eigenvalue weighted by Gasteiger charge is 2.40. The summed E-state index contributed by atoms with van der Waals surface area (Å²) >= 11 is 5.92. The summed E-state index contributed by atoms with van der Waals surface area (Å²) in [6, 6.07) is 13.6. The predicted octanol–water partition coefficient (Wildman–Crippen LogP) is 4.87. The van der Waals surface area contributed by atoms with E-state index in [-0.39, 0.29) is 6.42 Å². The molecule has 4 nitrogen and oxygen atoms in total. The third-order valence-corrected chi connectivity index (χ3v) is 4.47. The molecule has 0 saturated heterocycles. The van der Waals surface area contributed by atoms with Crippen molar-refractivity contribution < 1.29 is 18.0 Å². The molecule has 0 bridgehead atoms. The topological polar surface area (TPSA) is 46.9 Å². The van der Waals surface area contributed by atoms with Crippen LogP contribution in [0.1, 0.15) is 30.8 Å². The average Bonchev–Trinajstić information content (AvgIpc) is 2.99. The minimum absolute atomic E-state index is 0.270. The minimum atomic E-state index is -4.94. The molecule has 2 aromatic carbocycles. The normalized spacial score (nSPS) is 12.9. The Bertz CT molecular complexity index is 951. The number of alkyl halides is 3.